The average Bonchev–Trinajstić information content (AvgIpc) is 2.57. The largest absolute Gasteiger partial charge is 0.332 e. The first-order valence-corrected chi connectivity index (χ1v) is 8.62. The van der Waals surface area contributed by atoms with Gasteiger partial charge in [-0.2, -0.15) is 0 Å². The lowest BCUT2D eigenvalue weighted by Gasteiger charge is -2.14. The van der Waals surface area contributed by atoms with Crippen molar-refractivity contribution < 1.29 is 14.9 Å². The molecule has 0 aliphatic carbocycles. The van der Waals surface area contributed by atoms with E-state index in [1.807, 2.05) is 47.8 Å². The Morgan fingerprint density at radius 3 is 2.38 bits per heavy atom. The number of halogens is 1. The number of hydrogen-bond donors (Lipinski definition) is 3. The first kappa shape index (κ1) is 18.2. The van der Waals surface area contributed by atoms with E-state index in [1.165, 1.54) is 0 Å². The molecule has 24 heavy (non-hydrogen) atoms. The molecule has 0 aromatic heterocycles. The van der Waals surface area contributed by atoms with Crippen molar-refractivity contribution in [3.05, 3.63) is 64.6 Å². The zero-order valence-electron chi connectivity index (χ0n) is 13.5. The normalized spacial score (nSPS) is 11.6. The fourth-order valence-electron chi connectivity index (χ4n) is 2.36. The molecule has 0 aliphatic heterocycles. The van der Waals surface area contributed by atoms with E-state index >= 15 is 0 Å². The van der Waals surface area contributed by atoms with Gasteiger partial charge >= 0.3 is 6.03 Å². The standard InChI is InChI=1S/C18H20BrN3O2/c1-2-16(13-8-10-14(19)11-9-13)20-12-17(23)22-18(24)21-15-6-4-3-5-7-15/h3-11,16,20H,2,12H2,1H3,(H2,21,22,23,24)/p+1/t16-/m0/s1. The molecule has 0 saturated heterocycles. The molecule has 4 N–H and O–H groups in total. The maximum Gasteiger partial charge on any atom is 0.326 e. The average molecular weight is 391 g/mol. The third-order valence-electron chi connectivity index (χ3n) is 3.61. The lowest BCUT2D eigenvalue weighted by Crippen LogP contribution is -2.87. The fourth-order valence-corrected chi connectivity index (χ4v) is 2.62. The summed E-state index contributed by atoms with van der Waals surface area (Å²) in [6.45, 7) is 2.26. The molecule has 126 valence electrons. The van der Waals surface area contributed by atoms with Gasteiger partial charge in [-0.25, -0.2) is 4.79 Å². The number of carbonyl (C=O) groups excluding carboxylic acids is 2. The van der Waals surface area contributed by atoms with Gasteiger partial charge in [0.1, 0.15) is 6.04 Å². The Hall–Kier alpha value is -2.18. The van der Waals surface area contributed by atoms with Gasteiger partial charge in [-0.3, -0.25) is 10.1 Å². The summed E-state index contributed by atoms with van der Waals surface area (Å²) in [6.07, 6.45) is 0.894. The minimum atomic E-state index is -0.517. The molecule has 0 unspecified atom stereocenters. The highest BCUT2D eigenvalue weighted by atomic mass is 79.9. The Bertz CT molecular complexity index is 674. The molecule has 2 aromatic carbocycles. The van der Waals surface area contributed by atoms with Crippen LogP contribution in [0.5, 0.6) is 0 Å². The van der Waals surface area contributed by atoms with Gasteiger partial charge in [-0.15, -0.1) is 0 Å². The van der Waals surface area contributed by atoms with Gasteiger partial charge in [0, 0.05) is 22.1 Å². The van der Waals surface area contributed by atoms with E-state index in [0.717, 1.165) is 16.5 Å². The number of quaternary nitrogens is 1. The quantitative estimate of drug-likeness (QED) is 0.709. The molecule has 5 nitrogen and oxygen atoms in total. The number of imide groups is 1. The Kier molecular flexibility index (Phi) is 6.96. The lowest BCUT2D eigenvalue weighted by molar-refractivity contribution is -0.686. The second-order valence-electron chi connectivity index (χ2n) is 5.37. The highest BCUT2D eigenvalue weighted by Gasteiger charge is 2.16. The zero-order valence-corrected chi connectivity index (χ0v) is 15.0. The van der Waals surface area contributed by atoms with E-state index in [4.69, 9.17) is 0 Å². The summed E-state index contributed by atoms with van der Waals surface area (Å²) in [6, 6.07) is 16.7. The van der Waals surface area contributed by atoms with Gasteiger partial charge < -0.3 is 10.6 Å². The van der Waals surface area contributed by atoms with Crippen LogP contribution in [0.3, 0.4) is 0 Å². The van der Waals surface area contributed by atoms with Crippen molar-refractivity contribution in [3.63, 3.8) is 0 Å². The van der Waals surface area contributed by atoms with Crippen molar-refractivity contribution in [2.45, 2.75) is 19.4 Å². The Labute approximate surface area is 150 Å². The van der Waals surface area contributed by atoms with Gasteiger partial charge in [0.15, 0.2) is 6.54 Å². The molecular formula is C18H21BrN3O2+. The van der Waals surface area contributed by atoms with Crippen LogP contribution in [-0.2, 0) is 4.79 Å². The minimum absolute atomic E-state index is 0.182. The molecule has 0 fully saturated rings. The molecule has 2 aromatic rings. The molecule has 0 heterocycles. The van der Waals surface area contributed by atoms with Crippen molar-refractivity contribution in [3.8, 4) is 0 Å². The molecular weight excluding hydrogens is 370 g/mol. The van der Waals surface area contributed by atoms with Crippen molar-refractivity contribution >= 4 is 33.6 Å². The molecule has 0 saturated carbocycles. The van der Waals surface area contributed by atoms with Crippen LogP contribution in [0.1, 0.15) is 24.9 Å². The van der Waals surface area contributed by atoms with Crippen LogP contribution < -0.4 is 16.0 Å². The van der Waals surface area contributed by atoms with Crippen LogP contribution in [0, 0.1) is 0 Å². The molecule has 2 rings (SSSR count). The smallest absolute Gasteiger partial charge is 0.326 e. The number of anilines is 1. The van der Waals surface area contributed by atoms with Crippen molar-refractivity contribution in [2.24, 2.45) is 0 Å². The fraction of sp³-hybridized carbons (Fsp3) is 0.222. The highest BCUT2D eigenvalue weighted by Crippen LogP contribution is 2.16. The Balaban J connectivity index is 1.81. The molecule has 0 radical (unpaired) electrons. The maximum atomic E-state index is 11.9. The van der Waals surface area contributed by atoms with E-state index in [9.17, 15) is 9.59 Å². The minimum Gasteiger partial charge on any atom is -0.332 e. The molecule has 3 amide bonds. The van der Waals surface area contributed by atoms with E-state index in [2.05, 4.69) is 33.5 Å². The van der Waals surface area contributed by atoms with Crippen LogP contribution in [0.15, 0.2) is 59.1 Å². The summed E-state index contributed by atoms with van der Waals surface area (Å²) in [5, 5.41) is 6.90. The number of nitrogens with two attached hydrogens (primary N) is 1. The number of carbonyl (C=O) groups is 2. The summed E-state index contributed by atoms with van der Waals surface area (Å²) >= 11 is 3.41. The van der Waals surface area contributed by atoms with E-state index in [0.29, 0.717) is 5.69 Å². The molecule has 6 heteroatoms. The lowest BCUT2D eigenvalue weighted by atomic mass is 10.0. The second-order valence-corrected chi connectivity index (χ2v) is 6.29. The van der Waals surface area contributed by atoms with E-state index in [1.54, 1.807) is 12.1 Å². The van der Waals surface area contributed by atoms with E-state index in [-0.39, 0.29) is 18.5 Å². The number of para-hydroxylation sites is 1. The molecule has 1 atom stereocenters. The predicted molar refractivity (Wildman–Crippen MR) is 97.6 cm³/mol. The first-order valence-electron chi connectivity index (χ1n) is 7.83. The number of benzene rings is 2. The van der Waals surface area contributed by atoms with Gasteiger partial charge in [0.25, 0.3) is 5.91 Å². The first-order chi connectivity index (χ1) is 11.6. The summed E-state index contributed by atoms with van der Waals surface area (Å²) in [5.41, 5.74) is 1.80. The third-order valence-corrected chi connectivity index (χ3v) is 4.14. The summed E-state index contributed by atoms with van der Waals surface area (Å²) in [7, 11) is 0. The van der Waals surface area contributed by atoms with Crippen LogP contribution in [0.4, 0.5) is 10.5 Å². The van der Waals surface area contributed by atoms with E-state index < -0.39 is 6.03 Å². The highest BCUT2D eigenvalue weighted by molar-refractivity contribution is 9.10. The summed E-state index contributed by atoms with van der Waals surface area (Å²) in [4.78, 5) is 23.7. The third kappa shape index (κ3) is 5.79. The monoisotopic (exact) mass is 390 g/mol. The van der Waals surface area contributed by atoms with Crippen LogP contribution in [-0.4, -0.2) is 18.5 Å². The van der Waals surface area contributed by atoms with Crippen LogP contribution in [0.25, 0.3) is 0 Å². The van der Waals surface area contributed by atoms with Gasteiger partial charge in [0.2, 0.25) is 0 Å². The summed E-state index contributed by atoms with van der Waals surface area (Å²) in [5.74, 6) is -0.320. The van der Waals surface area contributed by atoms with Gasteiger partial charge in [0.05, 0.1) is 0 Å². The Morgan fingerprint density at radius 1 is 1.08 bits per heavy atom. The topological polar surface area (TPSA) is 74.8 Å². The number of urea groups is 1. The second kappa shape index (κ2) is 9.20. The number of hydrogen-bond acceptors (Lipinski definition) is 2. The number of amides is 3. The van der Waals surface area contributed by atoms with Crippen molar-refractivity contribution in [2.75, 3.05) is 11.9 Å². The SMILES string of the molecule is CC[C@H]([NH2+]CC(=O)NC(=O)Nc1ccccc1)c1ccc(Br)cc1. The molecule has 0 bridgehead atoms. The van der Waals surface area contributed by atoms with Crippen LogP contribution in [0.2, 0.25) is 0 Å². The predicted octanol–water partition coefficient (Wildman–Crippen LogP) is 2.81. The molecule has 0 aliphatic rings. The molecule has 0 spiro atoms. The summed E-state index contributed by atoms with van der Waals surface area (Å²) < 4.78 is 1.02. The number of rotatable bonds is 6. The number of nitrogens with one attached hydrogen (secondary N) is 2. The van der Waals surface area contributed by atoms with Gasteiger partial charge in [-0.1, -0.05) is 53.2 Å². The van der Waals surface area contributed by atoms with Crippen molar-refractivity contribution in [1.29, 1.82) is 0 Å². The van der Waals surface area contributed by atoms with Gasteiger partial charge in [-0.05, 0) is 24.3 Å². The maximum absolute atomic E-state index is 11.9. The zero-order chi connectivity index (χ0) is 17.4. The Morgan fingerprint density at radius 2 is 1.75 bits per heavy atom. The van der Waals surface area contributed by atoms with Crippen LogP contribution >= 0.6 is 15.9 Å². The van der Waals surface area contributed by atoms with Crippen molar-refractivity contribution in [1.82, 2.24) is 5.32 Å².